The molecule has 2 aliphatic rings. The fraction of sp³-hybridized carbons (Fsp3) is 0.650. The molecule has 8 heteroatoms. The Kier molecular flexibility index (Phi) is 7.70. The van der Waals surface area contributed by atoms with Gasteiger partial charge in [0.05, 0.1) is 12.3 Å². The van der Waals surface area contributed by atoms with Crippen LogP contribution in [0.2, 0.25) is 0 Å². The average molecular weight is 410 g/mol. The normalized spacial score (nSPS) is 19.9. The lowest BCUT2D eigenvalue weighted by molar-refractivity contribution is -0.132. The topological polar surface area (TPSA) is 70.2 Å². The summed E-state index contributed by atoms with van der Waals surface area (Å²) in [5.74, 6) is 0.544. The molecule has 0 radical (unpaired) electrons. The standard InChI is InChI=1S/C20H31N3O4S/c24-20(23-10-6-1-2-7-11-23)18-22-14-12-21(13-15-22)16-17-28(25,26)27-19-8-4-3-5-9-19/h3-5,8-9H,1-2,6-7,10-18H2. The zero-order valence-electron chi connectivity index (χ0n) is 16.5. The van der Waals surface area contributed by atoms with Gasteiger partial charge < -0.3 is 9.08 Å². The number of carbonyl (C=O) groups excluding carboxylic acids is 1. The molecule has 0 aliphatic carbocycles. The Hall–Kier alpha value is -1.64. The van der Waals surface area contributed by atoms with E-state index in [0.29, 0.717) is 18.8 Å². The van der Waals surface area contributed by atoms with Gasteiger partial charge in [-0.05, 0) is 25.0 Å². The van der Waals surface area contributed by atoms with Crippen LogP contribution in [-0.2, 0) is 14.9 Å². The van der Waals surface area contributed by atoms with Crippen molar-refractivity contribution in [1.29, 1.82) is 0 Å². The molecule has 2 heterocycles. The molecule has 0 N–H and O–H groups in total. The molecule has 0 atom stereocenters. The molecule has 28 heavy (non-hydrogen) atoms. The number of para-hydroxylation sites is 1. The molecule has 7 nitrogen and oxygen atoms in total. The SMILES string of the molecule is O=C(CN1CCN(CCS(=O)(=O)Oc2ccccc2)CC1)N1CCCCCC1. The highest BCUT2D eigenvalue weighted by atomic mass is 32.2. The lowest BCUT2D eigenvalue weighted by atomic mass is 10.2. The number of hydrogen-bond acceptors (Lipinski definition) is 6. The minimum atomic E-state index is -3.60. The number of carbonyl (C=O) groups is 1. The van der Waals surface area contributed by atoms with Gasteiger partial charge in [-0.3, -0.25) is 14.6 Å². The van der Waals surface area contributed by atoms with E-state index in [1.807, 2.05) is 11.0 Å². The van der Waals surface area contributed by atoms with Crippen molar-refractivity contribution in [3.8, 4) is 5.75 Å². The van der Waals surface area contributed by atoms with Crippen LogP contribution >= 0.6 is 0 Å². The van der Waals surface area contributed by atoms with E-state index in [1.54, 1.807) is 24.3 Å². The Balaban J connectivity index is 1.37. The fourth-order valence-electron chi connectivity index (χ4n) is 3.69. The summed E-state index contributed by atoms with van der Waals surface area (Å²) in [5, 5.41) is 0. The molecule has 0 saturated carbocycles. The predicted molar refractivity (Wildman–Crippen MR) is 109 cm³/mol. The highest BCUT2D eigenvalue weighted by Gasteiger charge is 2.23. The zero-order valence-corrected chi connectivity index (χ0v) is 17.3. The summed E-state index contributed by atoms with van der Waals surface area (Å²) < 4.78 is 29.4. The van der Waals surface area contributed by atoms with Crippen LogP contribution in [-0.4, -0.2) is 87.1 Å². The summed E-state index contributed by atoms with van der Waals surface area (Å²) in [5.41, 5.74) is 0. The van der Waals surface area contributed by atoms with Gasteiger partial charge >= 0.3 is 10.1 Å². The first-order valence-electron chi connectivity index (χ1n) is 10.2. The van der Waals surface area contributed by atoms with Crippen LogP contribution in [0.15, 0.2) is 30.3 Å². The summed E-state index contributed by atoms with van der Waals surface area (Å²) in [4.78, 5) is 18.8. The smallest absolute Gasteiger partial charge is 0.310 e. The van der Waals surface area contributed by atoms with E-state index in [-0.39, 0.29) is 11.7 Å². The van der Waals surface area contributed by atoms with Crippen molar-refractivity contribution in [3.63, 3.8) is 0 Å². The van der Waals surface area contributed by atoms with Crippen LogP contribution in [0.3, 0.4) is 0 Å². The minimum absolute atomic E-state index is 0.0331. The molecule has 1 amide bonds. The summed E-state index contributed by atoms with van der Waals surface area (Å²) in [6.07, 6.45) is 4.66. The largest absolute Gasteiger partial charge is 0.382 e. The van der Waals surface area contributed by atoms with Crippen LogP contribution < -0.4 is 4.18 Å². The average Bonchev–Trinajstić information content (AvgIpc) is 2.98. The van der Waals surface area contributed by atoms with Crippen molar-refractivity contribution in [3.05, 3.63) is 30.3 Å². The second kappa shape index (κ2) is 10.2. The molecular weight excluding hydrogens is 378 g/mol. The fourth-order valence-corrected chi connectivity index (χ4v) is 4.66. The highest BCUT2D eigenvalue weighted by Crippen LogP contribution is 2.13. The van der Waals surface area contributed by atoms with Gasteiger partial charge in [0.15, 0.2) is 0 Å². The maximum atomic E-state index is 12.5. The van der Waals surface area contributed by atoms with E-state index in [0.717, 1.165) is 52.1 Å². The lowest BCUT2D eigenvalue weighted by Crippen LogP contribution is -2.51. The quantitative estimate of drug-likeness (QED) is 0.635. The van der Waals surface area contributed by atoms with Gasteiger partial charge in [0.25, 0.3) is 0 Å². The molecule has 3 rings (SSSR count). The third kappa shape index (κ3) is 6.76. The number of likely N-dealkylation sites (tertiary alicyclic amines) is 1. The number of nitrogens with zero attached hydrogens (tertiary/aromatic N) is 3. The molecule has 2 aliphatic heterocycles. The van der Waals surface area contributed by atoms with E-state index in [4.69, 9.17) is 4.18 Å². The first-order valence-corrected chi connectivity index (χ1v) is 11.8. The summed E-state index contributed by atoms with van der Waals surface area (Å²) in [6, 6.07) is 8.58. The predicted octanol–water partition coefficient (Wildman–Crippen LogP) is 1.42. The van der Waals surface area contributed by atoms with Gasteiger partial charge in [-0.25, -0.2) is 0 Å². The molecule has 0 unspecified atom stereocenters. The molecule has 0 spiro atoms. The molecule has 0 bridgehead atoms. The second-order valence-corrected chi connectivity index (χ2v) is 9.26. The molecule has 2 saturated heterocycles. The van der Waals surface area contributed by atoms with Crippen LogP contribution in [0.4, 0.5) is 0 Å². The summed E-state index contributed by atoms with van der Waals surface area (Å²) in [6.45, 7) is 5.82. The van der Waals surface area contributed by atoms with Crippen molar-refractivity contribution in [1.82, 2.24) is 14.7 Å². The number of rotatable bonds is 7. The molecule has 2 fully saturated rings. The van der Waals surface area contributed by atoms with Crippen LogP contribution in [0.25, 0.3) is 0 Å². The van der Waals surface area contributed by atoms with Gasteiger partial charge in [-0.1, -0.05) is 31.0 Å². The zero-order chi connectivity index (χ0) is 19.8. The molecule has 1 aromatic carbocycles. The monoisotopic (exact) mass is 409 g/mol. The van der Waals surface area contributed by atoms with E-state index < -0.39 is 10.1 Å². The Morgan fingerprint density at radius 3 is 2.11 bits per heavy atom. The van der Waals surface area contributed by atoms with Crippen molar-refractivity contribution in [2.45, 2.75) is 25.7 Å². The van der Waals surface area contributed by atoms with Crippen molar-refractivity contribution >= 4 is 16.0 Å². The molecule has 1 aromatic rings. The number of benzene rings is 1. The highest BCUT2D eigenvalue weighted by molar-refractivity contribution is 7.87. The van der Waals surface area contributed by atoms with Gasteiger partial charge in [-0.2, -0.15) is 8.42 Å². The maximum absolute atomic E-state index is 12.5. The third-order valence-corrected chi connectivity index (χ3v) is 6.54. The van der Waals surface area contributed by atoms with Crippen molar-refractivity contribution < 1.29 is 17.4 Å². The summed E-state index contributed by atoms with van der Waals surface area (Å²) in [7, 11) is -3.60. The third-order valence-electron chi connectivity index (χ3n) is 5.41. The minimum Gasteiger partial charge on any atom is -0.382 e. The second-order valence-electron chi connectivity index (χ2n) is 7.57. The van der Waals surface area contributed by atoms with Crippen LogP contribution in [0.5, 0.6) is 5.75 Å². The Bertz CT molecular complexity index is 710. The van der Waals surface area contributed by atoms with Gasteiger partial charge in [0, 0.05) is 45.8 Å². The Morgan fingerprint density at radius 2 is 1.46 bits per heavy atom. The maximum Gasteiger partial charge on any atom is 0.310 e. The first kappa shape index (κ1) is 21.1. The molecule has 156 valence electrons. The number of piperazine rings is 1. The van der Waals surface area contributed by atoms with E-state index in [9.17, 15) is 13.2 Å². The van der Waals surface area contributed by atoms with E-state index >= 15 is 0 Å². The Morgan fingerprint density at radius 1 is 0.857 bits per heavy atom. The van der Waals surface area contributed by atoms with Gasteiger partial charge in [-0.15, -0.1) is 0 Å². The van der Waals surface area contributed by atoms with E-state index in [2.05, 4.69) is 9.80 Å². The molecular formula is C20H31N3O4S. The van der Waals surface area contributed by atoms with Crippen LogP contribution in [0.1, 0.15) is 25.7 Å². The lowest BCUT2D eigenvalue weighted by Gasteiger charge is -2.35. The Labute approximate surface area is 168 Å². The van der Waals surface area contributed by atoms with Crippen molar-refractivity contribution in [2.24, 2.45) is 0 Å². The van der Waals surface area contributed by atoms with Gasteiger partial charge in [0.2, 0.25) is 5.91 Å². The molecule has 0 aromatic heterocycles. The van der Waals surface area contributed by atoms with E-state index in [1.165, 1.54) is 12.8 Å². The summed E-state index contributed by atoms with van der Waals surface area (Å²) >= 11 is 0. The first-order chi connectivity index (χ1) is 13.5. The number of amides is 1. The van der Waals surface area contributed by atoms with Gasteiger partial charge in [0.1, 0.15) is 5.75 Å². The van der Waals surface area contributed by atoms with Crippen LogP contribution in [0, 0.1) is 0 Å². The van der Waals surface area contributed by atoms with Crippen molar-refractivity contribution in [2.75, 3.05) is 58.1 Å². The number of hydrogen-bond donors (Lipinski definition) is 0.